The topological polar surface area (TPSA) is 145 Å². The Bertz CT molecular complexity index is 1510. The molecule has 0 aromatic heterocycles. The summed E-state index contributed by atoms with van der Waals surface area (Å²) in [5, 5.41) is 6.76. The molecule has 1 atom stereocenters. The molecule has 4 rings (SSSR count). The van der Waals surface area contributed by atoms with Gasteiger partial charge in [-0.25, -0.2) is 13.8 Å². The molecule has 0 aliphatic carbocycles. The van der Waals surface area contributed by atoms with Crippen LogP contribution in [0.2, 0.25) is 0 Å². The average Bonchev–Trinajstić information content (AvgIpc) is 3.56. The molecule has 0 saturated carbocycles. The Morgan fingerprint density at radius 3 is 2.42 bits per heavy atom. The molecule has 1 unspecified atom stereocenters. The van der Waals surface area contributed by atoms with E-state index in [0.717, 1.165) is 23.8 Å². The van der Waals surface area contributed by atoms with Crippen LogP contribution >= 0.6 is 0 Å². The Morgan fingerprint density at radius 1 is 1.00 bits per heavy atom. The van der Waals surface area contributed by atoms with Crippen LogP contribution in [0.3, 0.4) is 0 Å². The molecular formula is C30H34N4O8S. The minimum Gasteiger partial charge on any atom is -0.497 e. The second-order valence-corrected chi connectivity index (χ2v) is 11.3. The summed E-state index contributed by atoms with van der Waals surface area (Å²) < 4.78 is 49.9. The van der Waals surface area contributed by atoms with Crippen molar-refractivity contribution >= 4 is 33.7 Å². The maximum Gasteiger partial charge on any atom is 0.264 e. The smallest absolute Gasteiger partial charge is 0.264 e. The Morgan fingerprint density at radius 2 is 1.74 bits per heavy atom. The van der Waals surface area contributed by atoms with Crippen LogP contribution < -0.4 is 29.3 Å². The van der Waals surface area contributed by atoms with E-state index in [4.69, 9.17) is 18.9 Å². The predicted octanol–water partition coefficient (Wildman–Crippen LogP) is 2.72. The third kappa shape index (κ3) is 8.69. The van der Waals surface area contributed by atoms with Gasteiger partial charge in [0.1, 0.15) is 23.8 Å². The van der Waals surface area contributed by atoms with Crippen LogP contribution in [0.15, 0.2) is 82.8 Å². The van der Waals surface area contributed by atoms with E-state index in [0.29, 0.717) is 23.6 Å². The number of hydrogen-bond acceptors (Lipinski definition) is 9. The Labute approximate surface area is 250 Å². The van der Waals surface area contributed by atoms with Gasteiger partial charge in [-0.2, -0.15) is 5.10 Å². The number of carbonyl (C=O) groups excluding carboxylic acids is 2. The van der Waals surface area contributed by atoms with Crippen LogP contribution in [0.5, 0.6) is 17.2 Å². The monoisotopic (exact) mass is 610 g/mol. The number of carbonyl (C=O) groups is 2. The standard InChI is InChI=1S/C30H34N4O8S/c1-39-24-14-15-28(40-2)27(17-24)34(43(37,38)26-8-4-3-5-9-26)20-29(35)33-32-18-22-10-12-23(13-11-22)42-21-30(36)31-19-25-7-6-16-41-25/h3-5,8-15,17-18,25H,6-7,16,19-21H2,1-2H3,(H,31,36)(H,33,35)/b32-18+. The average molecular weight is 611 g/mol. The number of nitrogens with one attached hydrogen (secondary N) is 2. The van der Waals surface area contributed by atoms with Gasteiger partial charge in [0.25, 0.3) is 21.8 Å². The zero-order valence-electron chi connectivity index (χ0n) is 23.9. The van der Waals surface area contributed by atoms with Crippen molar-refractivity contribution in [2.45, 2.75) is 23.8 Å². The number of sulfonamides is 1. The first-order chi connectivity index (χ1) is 20.8. The number of benzene rings is 3. The summed E-state index contributed by atoms with van der Waals surface area (Å²) in [5.74, 6) is 0.184. The molecule has 0 spiro atoms. The van der Waals surface area contributed by atoms with Crippen LogP contribution in [-0.2, 0) is 24.3 Å². The minimum atomic E-state index is -4.17. The SMILES string of the molecule is COc1ccc(OC)c(N(CC(=O)N/N=C/c2ccc(OCC(=O)NCC3CCCO3)cc2)S(=O)(=O)c2ccccc2)c1. The maximum atomic E-state index is 13.6. The number of ether oxygens (including phenoxy) is 4. The van der Waals surface area contributed by atoms with E-state index in [1.54, 1.807) is 54.6 Å². The van der Waals surface area contributed by atoms with Gasteiger partial charge in [0.05, 0.1) is 37.1 Å². The van der Waals surface area contributed by atoms with E-state index in [2.05, 4.69) is 15.8 Å². The van der Waals surface area contributed by atoms with Gasteiger partial charge in [0.15, 0.2) is 6.61 Å². The van der Waals surface area contributed by atoms with E-state index in [1.165, 1.54) is 38.6 Å². The summed E-state index contributed by atoms with van der Waals surface area (Å²) in [5.41, 5.74) is 3.13. The molecule has 12 nitrogen and oxygen atoms in total. The van der Waals surface area contributed by atoms with Crippen LogP contribution in [0, 0.1) is 0 Å². The largest absolute Gasteiger partial charge is 0.497 e. The van der Waals surface area contributed by atoms with Crippen molar-refractivity contribution in [3.63, 3.8) is 0 Å². The third-order valence-electron chi connectivity index (χ3n) is 6.48. The Kier molecular flexibility index (Phi) is 10.9. The Balaban J connectivity index is 1.38. The van der Waals surface area contributed by atoms with Gasteiger partial charge in [0, 0.05) is 19.2 Å². The van der Waals surface area contributed by atoms with E-state index in [9.17, 15) is 18.0 Å². The molecule has 43 heavy (non-hydrogen) atoms. The van der Waals surface area contributed by atoms with Crippen LogP contribution in [0.1, 0.15) is 18.4 Å². The van der Waals surface area contributed by atoms with E-state index in [-0.39, 0.29) is 35.0 Å². The molecule has 228 valence electrons. The summed E-state index contributed by atoms with van der Waals surface area (Å²) >= 11 is 0. The number of nitrogens with zero attached hydrogens (tertiary/aromatic N) is 2. The molecule has 3 aromatic carbocycles. The zero-order chi connectivity index (χ0) is 30.7. The van der Waals surface area contributed by atoms with Gasteiger partial charge in [0.2, 0.25) is 0 Å². The molecule has 1 aliphatic rings. The van der Waals surface area contributed by atoms with E-state index in [1.807, 2.05) is 0 Å². The summed E-state index contributed by atoms with van der Waals surface area (Å²) in [6, 6.07) is 19.1. The number of anilines is 1. The summed E-state index contributed by atoms with van der Waals surface area (Å²) in [7, 11) is -1.32. The first-order valence-electron chi connectivity index (χ1n) is 13.5. The van der Waals surface area contributed by atoms with Gasteiger partial charge in [-0.1, -0.05) is 18.2 Å². The molecule has 0 bridgehead atoms. The zero-order valence-corrected chi connectivity index (χ0v) is 24.7. The molecule has 1 heterocycles. The molecule has 1 fully saturated rings. The molecule has 13 heteroatoms. The number of amides is 2. The van der Waals surface area contributed by atoms with Gasteiger partial charge in [-0.05, 0) is 66.9 Å². The highest BCUT2D eigenvalue weighted by Gasteiger charge is 2.30. The first-order valence-corrected chi connectivity index (χ1v) is 15.0. The lowest BCUT2D eigenvalue weighted by atomic mass is 10.2. The van der Waals surface area contributed by atoms with Crippen molar-refractivity contribution in [1.29, 1.82) is 0 Å². The highest BCUT2D eigenvalue weighted by Crippen LogP contribution is 2.35. The molecule has 0 radical (unpaired) electrons. The van der Waals surface area contributed by atoms with E-state index >= 15 is 0 Å². The number of methoxy groups -OCH3 is 2. The normalized spacial score (nSPS) is 14.7. The van der Waals surface area contributed by atoms with E-state index < -0.39 is 22.5 Å². The Hall–Kier alpha value is -4.62. The summed E-state index contributed by atoms with van der Waals surface area (Å²) in [6.07, 6.45) is 3.40. The quantitative estimate of drug-likeness (QED) is 0.209. The molecule has 1 aliphatic heterocycles. The fraction of sp³-hybridized carbons (Fsp3) is 0.300. The van der Waals surface area contributed by atoms with Crippen molar-refractivity contribution in [2.75, 3.05) is 44.8 Å². The fourth-order valence-electron chi connectivity index (χ4n) is 4.24. The highest BCUT2D eigenvalue weighted by molar-refractivity contribution is 7.92. The second-order valence-electron chi connectivity index (χ2n) is 9.45. The van der Waals surface area contributed by atoms with Crippen LogP contribution in [-0.4, -0.2) is 73.1 Å². The van der Waals surface area contributed by atoms with Crippen LogP contribution in [0.4, 0.5) is 5.69 Å². The van der Waals surface area contributed by atoms with Gasteiger partial charge < -0.3 is 24.3 Å². The lowest BCUT2D eigenvalue weighted by Gasteiger charge is -2.25. The van der Waals surface area contributed by atoms with Gasteiger partial charge in [-0.15, -0.1) is 0 Å². The van der Waals surface area contributed by atoms with Crippen LogP contribution in [0.25, 0.3) is 0 Å². The second kappa shape index (κ2) is 15.0. The van der Waals surface area contributed by atoms with Crippen molar-refractivity contribution in [3.8, 4) is 17.2 Å². The lowest BCUT2D eigenvalue weighted by Crippen LogP contribution is -2.39. The number of hydrogen-bond donors (Lipinski definition) is 2. The molecule has 2 N–H and O–H groups in total. The lowest BCUT2D eigenvalue weighted by molar-refractivity contribution is -0.123. The fourth-order valence-corrected chi connectivity index (χ4v) is 5.68. The summed E-state index contributed by atoms with van der Waals surface area (Å²) in [4.78, 5) is 24.9. The minimum absolute atomic E-state index is 0.00112. The molecule has 1 saturated heterocycles. The van der Waals surface area contributed by atoms with Crippen molar-refractivity contribution in [3.05, 3.63) is 78.4 Å². The maximum absolute atomic E-state index is 13.6. The first kappa shape index (κ1) is 31.3. The highest BCUT2D eigenvalue weighted by atomic mass is 32.2. The molecule has 2 amide bonds. The van der Waals surface area contributed by atoms with Crippen molar-refractivity contribution in [1.82, 2.24) is 10.7 Å². The van der Waals surface area contributed by atoms with Gasteiger partial charge in [-0.3, -0.25) is 13.9 Å². The predicted molar refractivity (Wildman–Crippen MR) is 160 cm³/mol. The number of rotatable bonds is 14. The van der Waals surface area contributed by atoms with Crippen molar-refractivity contribution < 1.29 is 37.0 Å². The third-order valence-corrected chi connectivity index (χ3v) is 8.25. The number of hydrazone groups is 1. The van der Waals surface area contributed by atoms with Gasteiger partial charge >= 0.3 is 0 Å². The van der Waals surface area contributed by atoms with Crippen molar-refractivity contribution in [2.24, 2.45) is 5.10 Å². The molecule has 3 aromatic rings. The summed E-state index contributed by atoms with van der Waals surface area (Å²) in [6.45, 7) is 0.479. The molecular weight excluding hydrogens is 576 g/mol.